The summed E-state index contributed by atoms with van der Waals surface area (Å²) in [4.78, 5) is 8.70. The third-order valence-electron chi connectivity index (χ3n) is 3.82. The van der Waals surface area contributed by atoms with Crippen LogP contribution in [0.2, 0.25) is 0 Å². The second kappa shape index (κ2) is 5.70. The standard InChI is InChI=1S/C14H20ClN3/c1-4-11(5-2)10(3)18-13-6-7-16-9-12(13)17-14(18)8-15/h6-7,9-11H,4-5,8H2,1-3H3. The van der Waals surface area contributed by atoms with E-state index in [4.69, 9.17) is 11.6 Å². The van der Waals surface area contributed by atoms with Crippen LogP contribution in [0.25, 0.3) is 11.0 Å². The summed E-state index contributed by atoms with van der Waals surface area (Å²) in [5.41, 5.74) is 2.08. The molecule has 4 heteroatoms. The van der Waals surface area contributed by atoms with E-state index in [1.54, 1.807) is 0 Å². The summed E-state index contributed by atoms with van der Waals surface area (Å²) >= 11 is 6.03. The fourth-order valence-corrected chi connectivity index (χ4v) is 2.92. The Hall–Kier alpha value is -1.09. The van der Waals surface area contributed by atoms with Crippen LogP contribution < -0.4 is 0 Å². The van der Waals surface area contributed by atoms with Crippen LogP contribution in [0.3, 0.4) is 0 Å². The predicted octanol–water partition coefficient (Wildman–Crippen LogP) is 4.17. The first kappa shape index (κ1) is 13.3. The summed E-state index contributed by atoms with van der Waals surface area (Å²) in [7, 11) is 0. The zero-order valence-corrected chi connectivity index (χ0v) is 12.0. The summed E-state index contributed by atoms with van der Waals surface area (Å²) in [6.45, 7) is 6.74. The van der Waals surface area contributed by atoms with E-state index < -0.39 is 0 Å². The molecule has 2 aromatic heterocycles. The van der Waals surface area contributed by atoms with E-state index in [2.05, 4.69) is 35.3 Å². The molecule has 0 aliphatic carbocycles. The Labute approximate surface area is 113 Å². The predicted molar refractivity (Wildman–Crippen MR) is 75.9 cm³/mol. The van der Waals surface area contributed by atoms with Crippen molar-refractivity contribution in [3.05, 3.63) is 24.3 Å². The molecule has 2 aromatic rings. The molecular formula is C14H20ClN3. The van der Waals surface area contributed by atoms with Gasteiger partial charge in [-0.25, -0.2) is 4.98 Å². The molecule has 0 aliphatic rings. The number of halogens is 1. The highest BCUT2D eigenvalue weighted by atomic mass is 35.5. The van der Waals surface area contributed by atoms with Crippen LogP contribution in [0.5, 0.6) is 0 Å². The number of nitrogens with zero attached hydrogens (tertiary/aromatic N) is 3. The highest BCUT2D eigenvalue weighted by molar-refractivity contribution is 6.16. The first-order valence-corrected chi connectivity index (χ1v) is 7.13. The van der Waals surface area contributed by atoms with E-state index in [0.29, 0.717) is 17.8 Å². The van der Waals surface area contributed by atoms with Crippen molar-refractivity contribution in [2.24, 2.45) is 5.92 Å². The third kappa shape index (κ3) is 2.24. The SMILES string of the molecule is CCC(CC)C(C)n1c(CCl)nc2cnccc21. The van der Waals surface area contributed by atoms with E-state index in [0.717, 1.165) is 16.9 Å². The Bertz CT molecular complexity index is 517. The van der Waals surface area contributed by atoms with Gasteiger partial charge in [0.2, 0.25) is 0 Å². The minimum Gasteiger partial charge on any atom is -0.324 e. The van der Waals surface area contributed by atoms with E-state index >= 15 is 0 Å². The zero-order valence-electron chi connectivity index (χ0n) is 11.2. The Morgan fingerprint density at radius 2 is 2.06 bits per heavy atom. The summed E-state index contributed by atoms with van der Waals surface area (Å²) in [6.07, 6.45) is 5.97. The minimum atomic E-state index is 0.418. The topological polar surface area (TPSA) is 30.7 Å². The van der Waals surface area contributed by atoms with Crippen molar-refractivity contribution in [2.75, 3.05) is 0 Å². The normalized spacial score (nSPS) is 13.4. The number of pyridine rings is 1. The lowest BCUT2D eigenvalue weighted by molar-refractivity contribution is 0.334. The van der Waals surface area contributed by atoms with Gasteiger partial charge < -0.3 is 4.57 Å². The summed E-state index contributed by atoms with van der Waals surface area (Å²) < 4.78 is 2.28. The van der Waals surface area contributed by atoms with Crippen LogP contribution in [0, 0.1) is 5.92 Å². The maximum atomic E-state index is 6.03. The van der Waals surface area contributed by atoms with Crippen LogP contribution in [-0.4, -0.2) is 14.5 Å². The molecule has 1 atom stereocenters. The highest BCUT2D eigenvalue weighted by Gasteiger charge is 2.20. The Morgan fingerprint density at radius 3 is 2.67 bits per heavy atom. The molecule has 2 heterocycles. The van der Waals surface area contributed by atoms with Crippen molar-refractivity contribution in [1.82, 2.24) is 14.5 Å². The van der Waals surface area contributed by atoms with Crippen molar-refractivity contribution in [2.45, 2.75) is 45.5 Å². The van der Waals surface area contributed by atoms with Gasteiger partial charge >= 0.3 is 0 Å². The molecule has 0 N–H and O–H groups in total. The fraction of sp³-hybridized carbons (Fsp3) is 0.571. The molecule has 0 amide bonds. The number of rotatable bonds is 5. The monoisotopic (exact) mass is 265 g/mol. The van der Waals surface area contributed by atoms with Crippen LogP contribution in [0.1, 0.15) is 45.5 Å². The van der Waals surface area contributed by atoms with Crippen LogP contribution in [0.4, 0.5) is 0 Å². The van der Waals surface area contributed by atoms with Gasteiger partial charge in [0.25, 0.3) is 0 Å². The number of hydrogen-bond acceptors (Lipinski definition) is 2. The van der Waals surface area contributed by atoms with Crippen LogP contribution in [0.15, 0.2) is 18.5 Å². The van der Waals surface area contributed by atoms with Crippen molar-refractivity contribution in [3.63, 3.8) is 0 Å². The van der Waals surface area contributed by atoms with Crippen LogP contribution >= 0.6 is 11.6 Å². The quantitative estimate of drug-likeness (QED) is 0.760. The zero-order chi connectivity index (χ0) is 13.1. The lowest BCUT2D eigenvalue weighted by atomic mass is 9.95. The molecule has 3 nitrogen and oxygen atoms in total. The number of aromatic nitrogens is 3. The van der Waals surface area contributed by atoms with E-state index in [-0.39, 0.29) is 0 Å². The first-order valence-electron chi connectivity index (χ1n) is 6.59. The minimum absolute atomic E-state index is 0.418. The smallest absolute Gasteiger partial charge is 0.125 e. The molecule has 0 spiro atoms. The maximum Gasteiger partial charge on any atom is 0.125 e. The number of fused-ring (bicyclic) bond motifs is 1. The Morgan fingerprint density at radius 1 is 1.33 bits per heavy atom. The van der Waals surface area contributed by atoms with Crippen molar-refractivity contribution < 1.29 is 0 Å². The van der Waals surface area contributed by atoms with E-state index in [1.807, 2.05) is 18.5 Å². The first-order chi connectivity index (χ1) is 8.72. The second-order valence-electron chi connectivity index (χ2n) is 4.71. The fourth-order valence-electron chi connectivity index (χ4n) is 2.73. The second-order valence-corrected chi connectivity index (χ2v) is 4.98. The molecule has 0 bridgehead atoms. The molecule has 0 radical (unpaired) electrons. The molecular weight excluding hydrogens is 246 g/mol. The molecule has 0 fully saturated rings. The van der Waals surface area contributed by atoms with Gasteiger partial charge in [0.1, 0.15) is 11.3 Å². The third-order valence-corrected chi connectivity index (χ3v) is 4.06. The molecule has 18 heavy (non-hydrogen) atoms. The summed E-state index contributed by atoms with van der Waals surface area (Å²) in [6, 6.07) is 2.44. The van der Waals surface area contributed by atoms with Crippen molar-refractivity contribution >= 4 is 22.6 Å². The molecule has 1 unspecified atom stereocenters. The van der Waals surface area contributed by atoms with Crippen molar-refractivity contribution in [3.8, 4) is 0 Å². The average molecular weight is 266 g/mol. The molecule has 2 rings (SSSR count). The highest BCUT2D eigenvalue weighted by Crippen LogP contribution is 2.29. The lowest BCUT2D eigenvalue weighted by Crippen LogP contribution is -2.17. The van der Waals surface area contributed by atoms with Crippen LogP contribution in [-0.2, 0) is 5.88 Å². The van der Waals surface area contributed by atoms with E-state index in [9.17, 15) is 0 Å². The number of alkyl halides is 1. The maximum absolute atomic E-state index is 6.03. The summed E-state index contributed by atoms with van der Waals surface area (Å²) in [5, 5.41) is 0. The van der Waals surface area contributed by atoms with Gasteiger partial charge in [-0.3, -0.25) is 4.98 Å². The van der Waals surface area contributed by atoms with Gasteiger partial charge in [-0.05, 0) is 18.9 Å². The van der Waals surface area contributed by atoms with Gasteiger partial charge in [-0.1, -0.05) is 26.7 Å². The Balaban J connectivity index is 2.53. The number of hydrogen-bond donors (Lipinski definition) is 0. The van der Waals surface area contributed by atoms with Gasteiger partial charge in [0.05, 0.1) is 17.6 Å². The van der Waals surface area contributed by atoms with Gasteiger partial charge in [0, 0.05) is 12.2 Å². The van der Waals surface area contributed by atoms with Gasteiger partial charge in [0.15, 0.2) is 0 Å². The van der Waals surface area contributed by atoms with Gasteiger partial charge in [-0.2, -0.15) is 0 Å². The summed E-state index contributed by atoms with van der Waals surface area (Å²) in [5.74, 6) is 2.04. The average Bonchev–Trinajstić information content (AvgIpc) is 2.78. The Kier molecular flexibility index (Phi) is 4.23. The molecule has 98 valence electrons. The molecule has 0 saturated heterocycles. The number of imidazole rings is 1. The van der Waals surface area contributed by atoms with Gasteiger partial charge in [-0.15, -0.1) is 11.6 Å². The largest absolute Gasteiger partial charge is 0.324 e. The van der Waals surface area contributed by atoms with Crippen molar-refractivity contribution in [1.29, 1.82) is 0 Å². The molecule has 0 aromatic carbocycles. The molecule has 0 saturated carbocycles. The van der Waals surface area contributed by atoms with E-state index in [1.165, 1.54) is 12.8 Å². The lowest BCUT2D eigenvalue weighted by Gasteiger charge is -2.25. The molecule has 0 aliphatic heterocycles.